The Labute approximate surface area is 105 Å². The Kier molecular flexibility index (Phi) is 3.74. The first kappa shape index (κ1) is 11.8. The zero-order chi connectivity index (χ0) is 11.5. The van der Waals surface area contributed by atoms with Crippen molar-refractivity contribution in [1.82, 2.24) is 5.32 Å². The maximum absolute atomic E-state index is 6.05. The number of hydrogen-bond donors (Lipinski definition) is 1. The number of nitrogens with one attached hydrogen (secondary N) is 1. The van der Waals surface area contributed by atoms with E-state index < -0.39 is 0 Å². The smallest absolute Gasteiger partial charge is 0.154 e. The van der Waals surface area contributed by atoms with E-state index in [-0.39, 0.29) is 0 Å². The molecule has 0 aliphatic carbocycles. The lowest BCUT2D eigenvalue weighted by molar-refractivity contribution is 0.601. The summed E-state index contributed by atoms with van der Waals surface area (Å²) in [5.41, 5.74) is 1.78. The number of rotatable bonds is 4. The molecule has 0 unspecified atom stereocenters. The Hall–Kier alpha value is -0.700. The van der Waals surface area contributed by atoms with Crippen LogP contribution in [-0.4, -0.2) is 6.54 Å². The van der Waals surface area contributed by atoms with Crippen LogP contribution in [0, 0.1) is 0 Å². The summed E-state index contributed by atoms with van der Waals surface area (Å²) in [7, 11) is 0. The van der Waals surface area contributed by atoms with E-state index in [2.05, 4.69) is 12.2 Å². The van der Waals surface area contributed by atoms with Crippen LogP contribution in [0.25, 0.3) is 11.0 Å². The van der Waals surface area contributed by atoms with E-state index in [9.17, 15) is 0 Å². The summed E-state index contributed by atoms with van der Waals surface area (Å²) in [6.07, 6.45) is 2.85. The van der Waals surface area contributed by atoms with Gasteiger partial charge >= 0.3 is 0 Å². The van der Waals surface area contributed by atoms with Gasteiger partial charge in [-0.05, 0) is 25.1 Å². The molecule has 0 bridgehead atoms. The summed E-state index contributed by atoms with van der Waals surface area (Å²) in [5.74, 6) is 0. The van der Waals surface area contributed by atoms with Crippen molar-refractivity contribution in [1.29, 1.82) is 0 Å². The third-order valence-corrected chi connectivity index (χ3v) is 3.24. The van der Waals surface area contributed by atoms with Gasteiger partial charge in [-0.3, -0.25) is 0 Å². The lowest BCUT2D eigenvalue weighted by atomic mass is 10.2. The second kappa shape index (κ2) is 5.09. The van der Waals surface area contributed by atoms with Crippen LogP contribution in [0.1, 0.15) is 18.9 Å². The Morgan fingerprint density at radius 1 is 1.31 bits per heavy atom. The highest BCUT2D eigenvalue weighted by molar-refractivity contribution is 6.44. The molecule has 0 saturated carbocycles. The van der Waals surface area contributed by atoms with Crippen molar-refractivity contribution >= 4 is 34.2 Å². The van der Waals surface area contributed by atoms with Crippen LogP contribution in [-0.2, 0) is 6.54 Å². The molecule has 2 rings (SSSR count). The Morgan fingerprint density at radius 3 is 2.88 bits per heavy atom. The van der Waals surface area contributed by atoms with E-state index in [1.165, 1.54) is 0 Å². The minimum atomic E-state index is 0.487. The Bertz CT molecular complexity index is 493. The van der Waals surface area contributed by atoms with Gasteiger partial charge < -0.3 is 9.73 Å². The molecular weight excluding hydrogens is 245 g/mol. The van der Waals surface area contributed by atoms with Crippen molar-refractivity contribution in [2.45, 2.75) is 19.9 Å². The summed E-state index contributed by atoms with van der Waals surface area (Å²) in [5, 5.41) is 5.37. The highest BCUT2D eigenvalue weighted by Gasteiger charge is 2.11. The largest absolute Gasteiger partial charge is 0.462 e. The minimum absolute atomic E-state index is 0.487. The van der Waals surface area contributed by atoms with Gasteiger partial charge in [0.2, 0.25) is 0 Å². The average Bonchev–Trinajstić information content (AvgIpc) is 2.68. The molecule has 2 nitrogen and oxygen atoms in total. The van der Waals surface area contributed by atoms with E-state index >= 15 is 0 Å². The van der Waals surface area contributed by atoms with Crippen LogP contribution in [0.5, 0.6) is 0 Å². The third kappa shape index (κ3) is 2.19. The molecule has 1 aromatic heterocycles. The van der Waals surface area contributed by atoms with Gasteiger partial charge in [-0.1, -0.05) is 30.1 Å². The van der Waals surface area contributed by atoms with Crippen molar-refractivity contribution in [3.05, 3.63) is 34.0 Å². The summed E-state index contributed by atoms with van der Waals surface area (Å²) >= 11 is 12.0. The zero-order valence-corrected chi connectivity index (χ0v) is 10.5. The van der Waals surface area contributed by atoms with Gasteiger partial charge in [-0.15, -0.1) is 0 Å². The summed E-state index contributed by atoms with van der Waals surface area (Å²) in [4.78, 5) is 0. The molecule has 0 aliphatic heterocycles. The van der Waals surface area contributed by atoms with Gasteiger partial charge in [0.05, 0.1) is 11.3 Å². The lowest BCUT2D eigenvalue weighted by Gasteiger charge is -2.01. The third-order valence-electron chi connectivity index (χ3n) is 2.46. The van der Waals surface area contributed by atoms with Gasteiger partial charge in [0, 0.05) is 17.5 Å². The molecular formula is C12H13Cl2NO. The maximum Gasteiger partial charge on any atom is 0.154 e. The predicted molar refractivity (Wildman–Crippen MR) is 68.2 cm³/mol. The van der Waals surface area contributed by atoms with Crippen LogP contribution in [0.3, 0.4) is 0 Å². The van der Waals surface area contributed by atoms with E-state index in [1.54, 1.807) is 12.3 Å². The second-order valence-electron chi connectivity index (χ2n) is 3.68. The van der Waals surface area contributed by atoms with Crippen molar-refractivity contribution < 1.29 is 4.42 Å². The van der Waals surface area contributed by atoms with Gasteiger partial charge in [0.25, 0.3) is 0 Å². The first-order valence-corrected chi connectivity index (χ1v) is 6.04. The molecule has 0 spiro atoms. The molecule has 0 saturated heterocycles. The molecule has 1 aromatic carbocycles. The number of halogens is 2. The average molecular weight is 258 g/mol. The van der Waals surface area contributed by atoms with Crippen LogP contribution in [0.4, 0.5) is 0 Å². The molecule has 0 fully saturated rings. The molecule has 16 heavy (non-hydrogen) atoms. The quantitative estimate of drug-likeness (QED) is 0.830. The molecule has 4 heteroatoms. The summed E-state index contributed by atoms with van der Waals surface area (Å²) in [6.45, 7) is 3.92. The minimum Gasteiger partial charge on any atom is -0.462 e. The van der Waals surface area contributed by atoms with E-state index in [1.807, 2.05) is 6.07 Å². The van der Waals surface area contributed by atoms with Crippen LogP contribution in [0.15, 0.2) is 22.8 Å². The fourth-order valence-corrected chi connectivity index (χ4v) is 1.99. The van der Waals surface area contributed by atoms with Gasteiger partial charge in [0.1, 0.15) is 5.02 Å². The number of benzene rings is 1. The van der Waals surface area contributed by atoms with E-state index in [0.29, 0.717) is 15.6 Å². The fourth-order valence-electron chi connectivity index (χ4n) is 1.63. The number of furan rings is 1. The van der Waals surface area contributed by atoms with Gasteiger partial charge in [0.15, 0.2) is 5.58 Å². The normalized spacial score (nSPS) is 11.2. The standard InChI is InChI=1S/C12H13Cl2NO/c1-2-5-15-6-8-7-16-12-9(8)3-4-10(13)11(12)14/h3-4,7,15H,2,5-6H2,1H3. The van der Waals surface area contributed by atoms with E-state index in [0.717, 1.165) is 30.5 Å². The highest BCUT2D eigenvalue weighted by Crippen LogP contribution is 2.33. The fraction of sp³-hybridized carbons (Fsp3) is 0.333. The van der Waals surface area contributed by atoms with Crippen LogP contribution < -0.4 is 5.32 Å². The molecule has 0 amide bonds. The Morgan fingerprint density at radius 2 is 2.12 bits per heavy atom. The van der Waals surface area contributed by atoms with Crippen molar-refractivity contribution in [2.24, 2.45) is 0 Å². The van der Waals surface area contributed by atoms with Crippen LogP contribution >= 0.6 is 23.2 Å². The molecule has 0 radical (unpaired) electrons. The van der Waals surface area contributed by atoms with Crippen molar-refractivity contribution in [2.75, 3.05) is 6.54 Å². The predicted octanol–water partition coefficient (Wildman–Crippen LogP) is 4.24. The first-order chi connectivity index (χ1) is 7.74. The molecule has 0 atom stereocenters. The zero-order valence-electron chi connectivity index (χ0n) is 9.02. The molecule has 2 aromatic rings. The summed E-state index contributed by atoms with van der Waals surface area (Å²) < 4.78 is 5.43. The maximum atomic E-state index is 6.05. The lowest BCUT2D eigenvalue weighted by Crippen LogP contribution is -2.13. The number of hydrogen-bond acceptors (Lipinski definition) is 2. The summed E-state index contributed by atoms with van der Waals surface area (Å²) in [6, 6.07) is 3.74. The molecule has 1 heterocycles. The highest BCUT2D eigenvalue weighted by atomic mass is 35.5. The van der Waals surface area contributed by atoms with Crippen LogP contribution in [0.2, 0.25) is 10.0 Å². The van der Waals surface area contributed by atoms with E-state index in [4.69, 9.17) is 27.6 Å². The SMILES string of the molecule is CCCNCc1coc2c(Cl)c(Cl)ccc12. The first-order valence-electron chi connectivity index (χ1n) is 5.28. The molecule has 1 N–H and O–H groups in total. The molecule has 0 aliphatic rings. The van der Waals surface area contributed by atoms with Gasteiger partial charge in [-0.25, -0.2) is 0 Å². The second-order valence-corrected chi connectivity index (χ2v) is 4.46. The van der Waals surface area contributed by atoms with Crippen molar-refractivity contribution in [3.63, 3.8) is 0 Å². The van der Waals surface area contributed by atoms with Crippen molar-refractivity contribution in [3.8, 4) is 0 Å². The molecule has 86 valence electrons. The monoisotopic (exact) mass is 257 g/mol. The number of fused-ring (bicyclic) bond motifs is 1. The topological polar surface area (TPSA) is 25.2 Å². The van der Waals surface area contributed by atoms with Gasteiger partial charge in [-0.2, -0.15) is 0 Å². The Balaban J connectivity index is 2.31.